The fraction of sp³-hybridized carbons (Fsp3) is 0.125. The molecule has 0 atom stereocenters. The maximum Gasteiger partial charge on any atom is 0.108 e. The predicted molar refractivity (Wildman–Crippen MR) is 147 cm³/mol. The van der Waals surface area contributed by atoms with Crippen molar-refractivity contribution < 1.29 is 19.5 Å². The number of hydrogen-bond donors (Lipinski definition) is 0. The molecule has 0 aliphatic heterocycles. The van der Waals surface area contributed by atoms with E-state index >= 15 is 0 Å². The summed E-state index contributed by atoms with van der Waals surface area (Å²) in [5.74, 6) is 0. The van der Waals surface area contributed by atoms with E-state index < -0.39 is 6.15 Å². The second kappa shape index (κ2) is 13.7. The molecule has 173 valence electrons. The molecule has 1 radical (unpaired) electrons. The maximum atomic E-state index is 2.27. The van der Waals surface area contributed by atoms with Crippen LogP contribution in [0, 0.1) is 0 Å². The van der Waals surface area contributed by atoms with Crippen LogP contribution in [0.3, 0.4) is 0 Å². The van der Waals surface area contributed by atoms with Crippen LogP contribution in [0.1, 0.15) is 25.7 Å². The summed E-state index contributed by atoms with van der Waals surface area (Å²) < 4.78 is 0. The van der Waals surface area contributed by atoms with Gasteiger partial charge in [-0.05, 0) is 25.7 Å². The van der Waals surface area contributed by atoms with Gasteiger partial charge in [-0.2, -0.15) is 21.9 Å². The second-order valence-electron chi connectivity index (χ2n) is 8.61. The van der Waals surface area contributed by atoms with Crippen LogP contribution < -0.4 is 21.9 Å². The van der Waals surface area contributed by atoms with Gasteiger partial charge in [0.25, 0.3) is 0 Å². The van der Waals surface area contributed by atoms with Crippen LogP contribution in [0.2, 0.25) is 0 Å². The van der Waals surface area contributed by atoms with Crippen molar-refractivity contribution >= 4 is 28.0 Å². The zero-order chi connectivity index (χ0) is 22.6. The van der Waals surface area contributed by atoms with E-state index in [1.165, 1.54) is 47.5 Å². The molecule has 0 unspecified atom stereocenters. The average Bonchev–Trinajstić information content (AvgIpc) is 2.87. The molecule has 0 heterocycles. The molecule has 1 aliphatic carbocycles. The molecule has 5 rings (SSSR count). The zero-order valence-electron chi connectivity index (χ0n) is 19.6. The Labute approximate surface area is 218 Å². The van der Waals surface area contributed by atoms with Crippen LogP contribution in [0.15, 0.2) is 146 Å². The van der Waals surface area contributed by atoms with Gasteiger partial charge in [-0.3, -0.25) is 0 Å². The molecule has 0 bridgehead atoms. The van der Waals surface area contributed by atoms with Crippen molar-refractivity contribution in [3.05, 3.63) is 146 Å². The predicted octanol–water partition coefficient (Wildman–Crippen LogP) is 5.73. The first-order chi connectivity index (χ1) is 16.4. The van der Waals surface area contributed by atoms with E-state index in [1.807, 2.05) is 0 Å². The number of rotatable bonds is 4. The summed E-state index contributed by atoms with van der Waals surface area (Å²) >= 11 is 0. The Morgan fingerprint density at radius 3 is 0.735 bits per heavy atom. The average molecular weight is 530 g/mol. The van der Waals surface area contributed by atoms with E-state index in [9.17, 15) is 0 Å². The van der Waals surface area contributed by atoms with E-state index in [0.29, 0.717) is 0 Å². The van der Waals surface area contributed by atoms with Crippen LogP contribution in [-0.4, -0.2) is 6.15 Å². The van der Waals surface area contributed by atoms with Crippen molar-refractivity contribution in [1.29, 1.82) is 0 Å². The van der Waals surface area contributed by atoms with Crippen LogP contribution in [-0.2, 0) is 19.5 Å². The molecule has 0 aromatic heterocycles. The monoisotopic (exact) mass is 530 g/mol. The molecule has 2 heteroatoms. The third-order valence-electron chi connectivity index (χ3n) is 6.53. The van der Waals surface area contributed by atoms with Gasteiger partial charge in [-0.1, -0.05) is 146 Å². The van der Waals surface area contributed by atoms with Gasteiger partial charge >= 0.3 is 0 Å². The first-order valence-corrected chi connectivity index (χ1v) is 12.1. The Balaban J connectivity index is 0.000000308. The Morgan fingerprint density at radius 1 is 0.324 bits per heavy atom. The summed E-state index contributed by atoms with van der Waals surface area (Å²) in [6.07, 6.45) is 12.8. The molecule has 0 fully saturated rings. The van der Waals surface area contributed by atoms with Gasteiger partial charge in [0.15, 0.2) is 0 Å². The van der Waals surface area contributed by atoms with Gasteiger partial charge in [-0.25, -0.2) is 0 Å². The van der Waals surface area contributed by atoms with Crippen LogP contribution in [0.5, 0.6) is 0 Å². The van der Waals surface area contributed by atoms with Crippen molar-refractivity contribution in [2.45, 2.75) is 25.7 Å². The first-order valence-electron chi connectivity index (χ1n) is 12.1. The third-order valence-corrected chi connectivity index (χ3v) is 6.53. The minimum atomic E-state index is -1.22. The van der Waals surface area contributed by atoms with Gasteiger partial charge in [0, 0.05) is 19.5 Å². The SMILES string of the molecule is C1=C\CC/C=C\CC/1.[Rh].c1ccc([B-](c2ccccc2)(c2ccccc2)c2ccccc2)cc1. The topological polar surface area (TPSA) is 0 Å². The quantitative estimate of drug-likeness (QED) is 0.234. The molecule has 0 N–H and O–H groups in total. The molecular formula is C32H32BRh-. The Kier molecular flexibility index (Phi) is 10.3. The zero-order valence-corrected chi connectivity index (χ0v) is 21.2. The summed E-state index contributed by atoms with van der Waals surface area (Å²) in [6.45, 7) is 0. The van der Waals surface area contributed by atoms with Crippen LogP contribution in [0.25, 0.3) is 0 Å². The molecule has 0 amide bonds. The van der Waals surface area contributed by atoms with Gasteiger partial charge in [0.2, 0.25) is 0 Å². The summed E-state index contributed by atoms with van der Waals surface area (Å²) in [5, 5.41) is 0. The standard InChI is InChI=1S/C24H20B.C8H12.Rh/c1-5-13-21(14-6-1)25(22-15-7-2-8-16-22,23-17-9-3-10-18-23)24-19-11-4-12-20-24;1-2-4-6-8-7-5-3-1;/h1-20H;1-2,7-8H,3-6H2;/q-1;;/b;2-1-,8-7-;. The Morgan fingerprint density at radius 2 is 0.529 bits per heavy atom. The van der Waals surface area contributed by atoms with Crippen molar-refractivity contribution in [2.75, 3.05) is 0 Å². The van der Waals surface area contributed by atoms with Crippen molar-refractivity contribution in [2.24, 2.45) is 0 Å². The molecule has 0 spiro atoms. The molecule has 4 aromatic rings. The third kappa shape index (κ3) is 6.13. The molecule has 0 saturated carbocycles. The summed E-state index contributed by atoms with van der Waals surface area (Å²) in [5.41, 5.74) is 5.36. The number of hydrogen-bond acceptors (Lipinski definition) is 0. The fourth-order valence-corrected chi connectivity index (χ4v) is 4.98. The van der Waals surface area contributed by atoms with Gasteiger partial charge in [-0.15, -0.1) is 0 Å². The van der Waals surface area contributed by atoms with E-state index in [2.05, 4.69) is 146 Å². The largest absolute Gasteiger partial charge is 0.195 e. The smallest absolute Gasteiger partial charge is 0.108 e. The fourth-order valence-electron chi connectivity index (χ4n) is 4.98. The normalized spacial score (nSPS) is 14.8. The van der Waals surface area contributed by atoms with Gasteiger partial charge in [0.1, 0.15) is 6.15 Å². The number of benzene rings is 4. The number of allylic oxidation sites excluding steroid dienone is 4. The molecule has 0 nitrogen and oxygen atoms in total. The second-order valence-corrected chi connectivity index (χ2v) is 8.61. The van der Waals surface area contributed by atoms with E-state index in [1.54, 1.807) is 0 Å². The van der Waals surface area contributed by atoms with Crippen LogP contribution in [0.4, 0.5) is 0 Å². The Hall–Kier alpha value is -2.95. The Bertz CT molecular complexity index is 947. The van der Waals surface area contributed by atoms with Gasteiger partial charge < -0.3 is 0 Å². The first kappa shape index (κ1) is 25.7. The summed E-state index contributed by atoms with van der Waals surface area (Å²) in [4.78, 5) is 0. The van der Waals surface area contributed by atoms with Crippen molar-refractivity contribution in [3.8, 4) is 0 Å². The van der Waals surface area contributed by atoms with Crippen molar-refractivity contribution in [1.82, 2.24) is 0 Å². The van der Waals surface area contributed by atoms with E-state index in [-0.39, 0.29) is 19.5 Å². The maximum absolute atomic E-state index is 2.27. The van der Waals surface area contributed by atoms with Crippen molar-refractivity contribution in [3.63, 3.8) is 0 Å². The minimum absolute atomic E-state index is 0. The molecule has 4 aromatic carbocycles. The molecule has 0 saturated heterocycles. The van der Waals surface area contributed by atoms with Gasteiger partial charge in [0.05, 0.1) is 0 Å². The van der Waals surface area contributed by atoms with E-state index in [0.717, 1.165) is 0 Å². The minimum Gasteiger partial charge on any atom is -0.195 e. The molecule has 1 aliphatic rings. The molecular weight excluding hydrogens is 498 g/mol. The summed E-state index contributed by atoms with van der Waals surface area (Å²) in [6, 6.07) is 43.5. The van der Waals surface area contributed by atoms with E-state index in [4.69, 9.17) is 0 Å². The van der Waals surface area contributed by atoms with Crippen LogP contribution >= 0.6 is 0 Å². The summed E-state index contributed by atoms with van der Waals surface area (Å²) in [7, 11) is 0. The molecule has 34 heavy (non-hydrogen) atoms.